The summed E-state index contributed by atoms with van der Waals surface area (Å²) in [6.45, 7) is 0. The second-order valence-electron chi connectivity index (χ2n) is 8.04. The van der Waals surface area contributed by atoms with Gasteiger partial charge in [0, 0.05) is 39.5 Å². The summed E-state index contributed by atoms with van der Waals surface area (Å²) in [7, 11) is 0. The highest BCUT2D eigenvalue weighted by atomic mass is 35.5. The lowest BCUT2D eigenvalue weighted by Gasteiger charge is -2.24. The Kier molecular flexibility index (Phi) is 6.33. The average Bonchev–Trinajstić information content (AvgIpc) is 2.85. The third kappa shape index (κ3) is 4.30. The van der Waals surface area contributed by atoms with Gasteiger partial charge in [-0.3, -0.25) is 9.59 Å². The summed E-state index contributed by atoms with van der Waals surface area (Å²) in [5.74, 6) is -0.596. The minimum Gasteiger partial charge on any atom is -0.454 e. The third-order valence-corrected chi connectivity index (χ3v) is 6.81. The molecule has 1 aliphatic carbocycles. The van der Waals surface area contributed by atoms with Crippen LogP contribution in [0.5, 0.6) is 23.0 Å². The summed E-state index contributed by atoms with van der Waals surface area (Å²) in [5, 5.41) is 1.29. The molecule has 0 aliphatic heterocycles. The van der Waals surface area contributed by atoms with E-state index < -0.39 is 11.6 Å². The van der Waals surface area contributed by atoms with Gasteiger partial charge in [-0.15, -0.1) is 0 Å². The van der Waals surface area contributed by atoms with Crippen LogP contribution < -0.4 is 26.7 Å². The Balaban J connectivity index is 1.59. The molecule has 1 aliphatic rings. The normalized spacial score (nSPS) is 12.2. The molecule has 4 aromatic carbocycles. The minimum absolute atomic E-state index is 0.0311. The smallest absolute Gasteiger partial charge is 0.198 e. The van der Waals surface area contributed by atoms with E-state index in [-0.39, 0.29) is 72.4 Å². The first-order chi connectivity index (χ1) is 17.6. The van der Waals surface area contributed by atoms with Gasteiger partial charge in [0.1, 0.15) is 11.5 Å². The third-order valence-electron chi connectivity index (χ3n) is 5.72. The number of halogens is 4. The fraction of sp³-hybridized carbons (Fsp3) is 0. The Hall–Kier alpha value is -3.62. The van der Waals surface area contributed by atoms with Crippen LogP contribution in [0.1, 0.15) is 31.8 Å². The van der Waals surface area contributed by atoms with Gasteiger partial charge in [0.05, 0.1) is 38.1 Å². The van der Waals surface area contributed by atoms with Crippen LogP contribution in [0.4, 0.5) is 17.1 Å². The van der Waals surface area contributed by atoms with E-state index >= 15 is 0 Å². The number of nitrogen functional groups attached to an aromatic ring is 3. The van der Waals surface area contributed by atoms with Crippen molar-refractivity contribution in [3.8, 4) is 23.0 Å². The first-order valence-corrected chi connectivity index (χ1v) is 12.1. The summed E-state index contributed by atoms with van der Waals surface area (Å²) < 4.78 is 11.6. The Morgan fingerprint density at radius 3 is 1.68 bits per heavy atom. The molecule has 0 atom stereocenters. The van der Waals surface area contributed by atoms with Gasteiger partial charge in [0.2, 0.25) is 0 Å². The number of ether oxygens (including phenoxy) is 2. The van der Waals surface area contributed by atoms with Crippen LogP contribution >= 0.6 is 46.4 Å². The van der Waals surface area contributed by atoms with Gasteiger partial charge in [-0.2, -0.15) is 0 Å². The minimum atomic E-state index is -0.596. The number of benzene rings is 4. The van der Waals surface area contributed by atoms with Crippen molar-refractivity contribution in [2.75, 3.05) is 17.2 Å². The number of fused-ring (bicyclic) bond motifs is 2. The topological polar surface area (TPSA) is 131 Å². The number of anilines is 3. The van der Waals surface area contributed by atoms with Crippen LogP contribution in [0, 0.1) is 0 Å². The molecule has 5 rings (SSSR count). The molecule has 0 spiro atoms. The standard InChI is InChI=1S/C26H15Cl4N3O4/c27-10-1-4-13(29)17(7-10)36-16-6-3-12-20(23(16)32)26(35)21-15(31)9-19(24(33)22(21)25(12)34)37-18-8-11(28)2-5-14(18)30/h1-9H,31-33H2. The number of hydrogen-bond donors (Lipinski definition) is 3. The average molecular weight is 575 g/mol. The molecule has 4 aromatic rings. The number of ketones is 2. The lowest BCUT2D eigenvalue weighted by Crippen LogP contribution is -2.25. The quantitative estimate of drug-likeness (QED) is 0.190. The zero-order valence-corrected chi connectivity index (χ0v) is 21.6. The summed E-state index contributed by atoms with van der Waals surface area (Å²) in [4.78, 5) is 27.1. The van der Waals surface area contributed by atoms with Gasteiger partial charge in [-0.25, -0.2) is 0 Å². The van der Waals surface area contributed by atoms with Gasteiger partial charge in [-0.05, 0) is 36.4 Å². The highest BCUT2D eigenvalue weighted by Crippen LogP contribution is 2.45. The maximum atomic E-state index is 13.6. The van der Waals surface area contributed by atoms with Gasteiger partial charge in [0.25, 0.3) is 0 Å². The molecule has 0 aromatic heterocycles. The number of rotatable bonds is 4. The monoisotopic (exact) mass is 573 g/mol. The number of carbonyl (C=O) groups is 2. The Morgan fingerprint density at radius 2 is 1.08 bits per heavy atom. The van der Waals surface area contributed by atoms with Crippen LogP contribution in [-0.4, -0.2) is 11.6 Å². The predicted octanol–water partition coefficient (Wildman–Crippen LogP) is 7.41. The molecule has 0 fully saturated rings. The van der Waals surface area contributed by atoms with Crippen molar-refractivity contribution < 1.29 is 19.1 Å². The summed E-state index contributed by atoms with van der Waals surface area (Å²) in [6.07, 6.45) is 0. The molecule has 186 valence electrons. The molecule has 0 bridgehead atoms. The van der Waals surface area contributed by atoms with Crippen molar-refractivity contribution >= 4 is 75.0 Å². The molecular weight excluding hydrogens is 560 g/mol. The van der Waals surface area contributed by atoms with E-state index in [1.165, 1.54) is 30.3 Å². The number of nitrogens with two attached hydrogens (primary N) is 3. The molecule has 11 heteroatoms. The molecule has 0 unspecified atom stereocenters. The molecular formula is C26H15Cl4N3O4. The van der Waals surface area contributed by atoms with Gasteiger partial charge >= 0.3 is 0 Å². The van der Waals surface area contributed by atoms with Crippen molar-refractivity contribution in [2.24, 2.45) is 0 Å². The Bertz CT molecular complexity index is 1660. The van der Waals surface area contributed by atoms with Crippen molar-refractivity contribution in [3.05, 3.63) is 96.9 Å². The van der Waals surface area contributed by atoms with E-state index in [0.717, 1.165) is 0 Å². The molecule has 0 radical (unpaired) electrons. The summed E-state index contributed by atoms with van der Waals surface area (Å²) in [6, 6.07) is 13.5. The van der Waals surface area contributed by atoms with Crippen molar-refractivity contribution in [3.63, 3.8) is 0 Å². The van der Waals surface area contributed by atoms with Crippen LogP contribution in [0.25, 0.3) is 0 Å². The van der Waals surface area contributed by atoms with Gasteiger partial charge in [-0.1, -0.05) is 46.4 Å². The van der Waals surface area contributed by atoms with Crippen LogP contribution in [-0.2, 0) is 0 Å². The fourth-order valence-electron chi connectivity index (χ4n) is 3.99. The van der Waals surface area contributed by atoms with Crippen LogP contribution in [0.3, 0.4) is 0 Å². The van der Waals surface area contributed by atoms with E-state index in [2.05, 4.69) is 0 Å². The predicted molar refractivity (Wildman–Crippen MR) is 146 cm³/mol. The lowest BCUT2D eigenvalue weighted by atomic mass is 9.81. The zero-order valence-electron chi connectivity index (χ0n) is 18.6. The lowest BCUT2D eigenvalue weighted by molar-refractivity contribution is 0.0980. The van der Waals surface area contributed by atoms with Gasteiger partial charge in [0.15, 0.2) is 23.1 Å². The molecule has 7 nitrogen and oxygen atoms in total. The highest BCUT2D eigenvalue weighted by molar-refractivity contribution is 6.35. The SMILES string of the molecule is Nc1cc(Oc2cc(Cl)ccc2Cl)c(N)c2c1C(=O)c1c(ccc(Oc3cc(Cl)ccc3Cl)c1N)C2=O. The summed E-state index contributed by atoms with van der Waals surface area (Å²) in [5.41, 5.74) is 18.4. The molecule has 6 N–H and O–H groups in total. The molecule has 0 heterocycles. The number of carbonyl (C=O) groups excluding carboxylic acids is 2. The maximum absolute atomic E-state index is 13.6. The Labute approximate surface area is 230 Å². The van der Waals surface area contributed by atoms with Crippen molar-refractivity contribution in [1.29, 1.82) is 0 Å². The second-order valence-corrected chi connectivity index (χ2v) is 9.73. The molecule has 0 saturated carbocycles. The molecule has 37 heavy (non-hydrogen) atoms. The van der Waals surface area contributed by atoms with Gasteiger partial charge < -0.3 is 26.7 Å². The number of hydrogen-bond acceptors (Lipinski definition) is 7. The van der Waals surface area contributed by atoms with Crippen LogP contribution in [0.15, 0.2) is 54.6 Å². The first kappa shape index (κ1) is 25.0. The van der Waals surface area contributed by atoms with Crippen molar-refractivity contribution in [2.45, 2.75) is 0 Å². The van der Waals surface area contributed by atoms with Crippen LogP contribution in [0.2, 0.25) is 20.1 Å². The summed E-state index contributed by atoms with van der Waals surface area (Å²) >= 11 is 24.4. The maximum Gasteiger partial charge on any atom is 0.198 e. The largest absolute Gasteiger partial charge is 0.454 e. The van der Waals surface area contributed by atoms with E-state index in [1.807, 2.05) is 0 Å². The van der Waals surface area contributed by atoms with E-state index in [0.29, 0.717) is 10.0 Å². The second kappa shape index (κ2) is 9.36. The van der Waals surface area contributed by atoms with E-state index in [4.69, 9.17) is 73.1 Å². The highest BCUT2D eigenvalue weighted by Gasteiger charge is 2.37. The van der Waals surface area contributed by atoms with Crippen molar-refractivity contribution in [1.82, 2.24) is 0 Å². The zero-order chi connectivity index (χ0) is 26.6. The van der Waals surface area contributed by atoms with E-state index in [1.54, 1.807) is 24.3 Å². The van der Waals surface area contributed by atoms with E-state index in [9.17, 15) is 9.59 Å². The first-order valence-electron chi connectivity index (χ1n) is 10.6. The molecule has 0 saturated heterocycles. The molecule has 0 amide bonds. The Morgan fingerprint density at radius 1 is 0.541 bits per heavy atom. The fourth-order valence-corrected chi connectivity index (χ4v) is 4.63.